The first-order valence-electron chi connectivity index (χ1n) is 7.32. The van der Waals surface area contributed by atoms with E-state index in [1.54, 1.807) is 18.2 Å². The molecule has 2 aromatic rings. The average molecular weight is 349 g/mol. The van der Waals surface area contributed by atoms with E-state index in [9.17, 15) is 13.6 Å². The topological polar surface area (TPSA) is 56.8 Å². The van der Waals surface area contributed by atoms with Crippen LogP contribution in [-0.2, 0) is 0 Å². The number of amides is 1. The van der Waals surface area contributed by atoms with Gasteiger partial charge < -0.3 is 19.5 Å². The molecule has 0 aromatic heterocycles. The molecule has 25 heavy (non-hydrogen) atoms. The smallest absolute Gasteiger partial charge is 0.387 e. The van der Waals surface area contributed by atoms with Gasteiger partial charge in [0.05, 0.1) is 12.8 Å². The van der Waals surface area contributed by atoms with Crippen molar-refractivity contribution in [2.75, 3.05) is 19.0 Å². The molecule has 0 atom stereocenters. The molecular weight excluding hydrogens is 332 g/mol. The Hall–Kier alpha value is -3.09. The van der Waals surface area contributed by atoms with Crippen LogP contribution in [0.5, 0.6) is 17.2 Å². The van der Waals surface area contributed by atoms with E-state index in [1.165, 1.54) is 37.4 Å². The summed E-state index contributed by atoms with van der Waals surface area (Å²) in [5, 5.41) is 2.54. The normalized spacial score (nSPS) is 10.2. The van der Waals surface area contributed by atoms with Gasteiger partial charge in [0, 0.05) is 5.56 Å². The summed E-state index contributed by atoms with van der Waals surface area (Å²) in [6.45, 7) is 0.863. The van der Waals surface area contributed by atoms with Gasteiger partial charge in [-0.1, -0.05) is 24.8 Å². The third-order valence-corrected chi connectivity index (χ3v) is 3.13. The molecule has 0 saturated heterocycles. The highest BCUT2D eigenvalue weighted by atomic mass is 19.3. The number of rotatable bonds is 8. The van der Waals surface area contributed by atoms with Gasteiger partial charge in [-0.15, -0.1) is 0 Å². The Kier molecular flexibility index (Phi) is 6.33. The van der Waals surface area contributed by atoms with Crippen molar-refractivity contribution in [3.05, 3.63) is 60.7 Å². The maximum Gasteiger partial charge on any atom is 0.387 e. The minimum absolute atomic E-state index is 0.122. The van der Waals surface area contributed by atoms with Crippen molar-refractivity contribution in [3.63, 3.8) is 0 Å². The third kappa shape index (κ3) is 4.94. The zero-order chi connectivity index (χ0) is 18.2. The molecule has 0 aliphatic carbocycles. The van der Waals surface area contributed by atoms with E-state index in [2.05, 4.69) is 16.6 Å². The van der Waals surface area contributed by atoms with Gasteiger partial charge in [-0.25, -0.2) is 0 Å². The molecule has 0 radical (unpaired) electrons. The van der Waals surface area contributed by atoms with Gasteiger partial charge in [-0.05, 0) is 30.3 Å². The summed E-state index contributed by atoms with van der Waals surface area (Å²) in [5.41, 5.74) is 0.411. The molecule has 0 aliphatic rings. The van der Waals surface area contributed by atoms with E-state index in [0.29, 0.717) is 18.1 Å². The number of alkyl halides is 2. The first kappa shape index (κ1) is 18.3. The quantitative estimate of drug-likeness (QED) is 0.729. The van der Waals surface area contributed by atoms with Gasteiger partial charge >= 0.3 is 6.61 Å². The van der Waals surface area contributed by atoms with Crippen molar-refractivity contribution < 1.29 is 27.8 Å². The first-order chi connectivity index (χ1) is 12.0. The molecule has 7 heteroatoms. The summed E-state index contributed by atoms with van der Waals surface area (Å²) >= 11 is 0. The molecule has 132 valence electrons. The van der Waals surface area contributed by atoms with Crippen LogP contribution in [0.4, 0.5) is 14.5 Å². The zero-order valence-electron chi connectivity index (χ0n) is 13.5. The number of methoxy groups -OCH3 is 1. The predicted molar refractivity (Wildman–Crippen MR) is 89.7 cm³/mol. The Morgan fingerprint density at radius 1 is 1.20 bits per heavy atom. The fourth-order valence-electron chi connectivity index (χ4n) is 2.04. The number of carbonyl (C=O) groups excluding carboxylic acids is 1. The summed E-state index contributed by atoms with van der Waals surface area (Å²) in [6.07, 6.45) is 1.58. The minimum Gasteiger partial charge on any atom is -0.493 e. The number of halogens is 2. The molecule has 1 N–H and O–H groups in total. The van der Waals surface area contributed by atoms with Gasteiger partial charge in [0.25, 0.3) is 5.91 Å². The lowest BCUT2D eigenvalue weighted by molar-refractivity contribution is -0.0493. The molecule has 0 heterocycles. The fourth-order valence-corrected chi connectivity index (χ4v) is 2.04. The Morgan fingerprint density at radius 3 is 2.64 bits per heavy atom. The molecule has 0 spiro atoms. The zero-order valence-corrected chi connectivity index (χ0v) is 13.5. The SMILES string of the molecule is C=CCOc1ccc(C(=O)Nc2ccccc2OC(F)F)cc1OC. The van der Waals surface area contributed by atoms with Gasteiger partial charge in [0.1, 0.15) is 12.4 Å². The molecular formula is C18H17F2NO4. The standard InChI is InChI=1S/C18H17F2NO4/c1-3-10-24-15-9-8-12(11-16(15)23-2)17(22)21-13-6-4-5-7-14(13)25-18(19)20/h3-9,11,18H,1,10H2,2H3,(H,21,22). The third-order valence-electron chi connectivity index (χ3n) is 3.13. The van der Waals surface area contributed by atoms with E-state index in [1.807, 2.05) is 0 Å². The monoisotopic (exact) mass is 349 g/mol. The van der Waals surface area contributed by atoms with E-state index in [-0.39, 0.29) is 17.0 Å². The van der Waals surface area contributed by atoms with Crippen LogP contribution in [-0.4, -0.2) is 26.2 Å². The average Bonchev–Trinajstić information content (AvgIpc) is 2.61. The number of hydrogen-bond donors (Lipinski definition) is 1. The molecule has 0 aliphatic heterocycles. The van der Waals surface area contributed by atoms with Crippen molar-refractivity contribution in [2.24, 2.45) is 0 Å². The number of ether oxygens (including phenoxy) is 3. The number of benzene rings is 2. The Morgan fingerprint density at radius 2 is 1.96 bits per heavy atom. The van der Waals surface area contributed by atoms with Crippen molar-refractivity contribution in [2.45, 2.75) is 6.61 Å². The molecule has 2 rings (SSSR count). The summed E-state index contributed by atoms with van der Waals surface area (Å²) < 4.78 is 39.9. The second-order valence-electron chi connectivity index (χ2n) is 4.79. The maximum absolute atomic E-state index is 12.4. The number of anilines is 1. The first-order valence-corrected chi connectivity index (χ1v) is 7.32. The van der Waals surface area contributed by atoms with Gasteiger partial charge in [-0.3, -0.25) is 4.79 Å². The van der Waals surface area contributed by atoms with E-state index < -0.39 is 12.5 Å². The molecule has 0 unspecified atom stereocenters. The molecule has 0 saturated carbocycles. The Balaban J connectivity index is 2.20. The van der Waals surface area contributed by atoms with Crippen LogP contribution in [0.15, 0.2) is 55.1 Å². The van der Waals surface area contributed by atoms with Crippen molar-refractivity contribution in [1.82, 2.24) is 0 Å². The number of para-hydroxylation sites is 2. The largest absolute Gasteiger partial charge is 0.493 e. The van der Waals surface area contributed by atoms with Gasteiger partial charge in [-0.2, -0.15) is 8.78 Å². The second kappa shape index (κ2) is 8.68. The molecule has 0 fully saturated rings. The van der Waals surface area contributed by atoms with Crippen LogP contribution < -0.4 is 19.5 Å². The summed E-state index contributed by atoms with van der Waals surface area (Å²) in [5.74, 6) is 0.203. The Labute approximate surface area is 143 Å². The van der Waals surface area contributed by atoms with E-state index >= 15 is 0 Å². The Bertz CT molecular complexity index is 750. The van der Waals surface area contributed by atoms with Gasteiger partial charge in [0.2, 0.25) is 0 Å². The van der Waals surface area contributed by atoms with Crippen LogP contribution >= 0.6 is 0 Å². The summed E-state index contributed by atoms with van der Waals surface area (Å²) in [4.78, 5) is 12.4. The summed E-state index contributed by atoms with van der Waals surface area (Å²) in [7, 11) is 1.45. The second-order valence-corrected chi connectivity index (χ2v) is 4.79. The highest BCUT2D eigenvalue weighted by Crippen LogP contribution is 2.30. The molecule has 5 nitrogen and oxygen atoms in total. The van der Waals surface area contributed by atoms with Crippen molar-refractivity contribution in [1.29, 1.82) is 0 Å². The lowest BCUT2D eigenvalue weighted by atomic mass is 10.1. The van der Waals surface area contributed by atoms with Crippen molar-refractivity contribution in [3.8, 4) is 17.2 Å². The van der Waals surface area contributed by atoms with Crippen LogP contribution in [0.2, 0.25) is 0 Å². The lowest BCUT2D eigenvalue weighted by Crippen LogP contribution is -2.14. The number of hydrogen-bond acceptors (Lipinski definition) is 4. The van der Waals surface area contributed by atoms with Crippen LogP contribution in [0.25, 0.3) is 0 Å². The summed E-state index contributed by atoms with van der Waals surface area (Å²) in [6, 6.07) is 10.5. The molecule has 0 bridgehead atoms. The van der Waals surface area contributed by atoms with Crippen LogP contribution in [0, 0.1) is 0 Å². The molecule has 1 amide bonds. The van der Waals surface area contributed by atoms with Gasteiger partial charge in [0.15, 0.2) is 11.5 Å². The molecule has 2 aromatic carbocycles. The van der Waals surface area contributed by atoms with Crippen LogP contribution in [0.3, 0.4) is 0 Å². The van der Waals surface area contributed by atoms with Crippen molar-refractivity contribution >= 4 is 11.6 Å². The van der Waals surface area contributed by atoms with E-state index in [0.717, 1.165) is 0 Å². The maximum atomic E-state index is 12.4. The predicted octanol–water partition coefficient (Wildman–Crippen LogP) is 4.11. The number of nitrogens with one attached hydrogen (secondary N) is 1. The highest BCUT2D eigenvalue weighted by molar-refractivity contribution is 6.05. The highest BCUT2D eigenvalue weighted by Gasteiger charge is 2.15. The minimum atomic E-state index is -2.99. The van der Waals surface area contributed by atoms with E-state index in [4.69, 9.17) is 9.47 Å². The lowest BCUT2D eigenvalue weighted by Gasteiger charge is -2.13. The number of carbonyl (C=O) groups is 1. The van der Waals surface area contributed by atoms with Crippen LogP contribution in [0.1, 0.15) is 10.4 Å². The fraction of sp³-hybridized carbons (Fsp3) is 0.167.